The summed E-state index contributed by atoms with van der Waals surface area (Å²) in [5.74, 6) is 2.07. The summed E-state index contributed by atoms with van der Waals surface area (Å²) >= 11 is 0. The molecule has 1 N–H and O–H groups in total. The lowest BCUT2D eigenvalue weighted by Crippen LogP contribution is -2.52. The van der Waals surface area contributed by atoms with Gasteiger partial charge in [-0.15, -0.1) is 0 Å². The summed E-state index contributed by atoms with van der Waals surface area (Å²) in [7, 11) is 5.68. The van der Waals surface area contributed by atoms with Gasteiger partial charge in [0, 0.05) is 11.1 Å². The molecule has 1 aliphatic heterocycles. The van der Waals surface area contributed by atoms with Crippen molar-refractivity contribution in [3.8, 4) is 0 Å². The normalized spacial score (nSPS) is 30.9. The lowest BCUT2D eigenvalue weighted by Gasteiger charge is -2.54. The topological polar surface area (TPSA) is 15.3 Å². The molecule has 0 aromatic carbocycles. The summed E-state index contributed by atoms with van der Waals surface area (Å²) < 4.78 is 0. The van der Waals surface area contributed by atoms with Crippen LogP contribution in [0, 0.1) is 23.2 Å². The van der Waals surface area contributed by atoms with Crippen LogP contribution in [0.3, 0.4) is 0 Å². The summed E-state index contributed by atoms with van der Waals surface area (Å²) in [6.07, 6.45) is 12.5. The molecule has 1 rings (SSSR count). The molecule has 4 atom stereocenters. The fourth-order valence-corrected chi connectivity index (χ4v) is 6.07. The molecule has 0 amide bonds. The fraction of sp³-hybridized carbons (Fsp3) is 0.913. The summed E-state index contributed by atoms with van der Waals surface area (Å²) in [4.78, 5) is 2.53. The van der Waals surface area contributed by atoms with E-state index in [2.05, 4.69) is 92.6 Å². The number of nitrogens with one attached hydrogen (secondary N) is 1. The van der Waals surface area contributed by atoms with Crippen LogP contribution in [0.2, 0.25) is 0 Å². The zero-order chi connectivity index (χ0) is 20.9. The molecule has 1 heterocycles. The van der Waals surface area contributed by atoms with E-state index < -0.39 is 0 Å². The molecular formula is C23H48B2N2. The first-order valence-corrected chi connectivity index (χ1v) is 11.6. The monoisotopic (exact) mass is 374 g/mol. The molecule has 4 unspecified atom stereocenters. The van der Waals surface area contributed by atoms with Gasteiger partial charge >= 0.3 is 0 Å². The Morgan fingerprint density at radius 2 is 1.96 bits per heavy atom. The van der Waals surface area contributed by atoms with E-state index in [0.29, 0.717) is 23.2 Å². The maximum Gasteiger partial charge on any atom is 0.161 e. The molecule has 156 valence electrons. The van der Waals surface area contributed by atoms with Crippen molar-refractivity contribution in [2.45, 2.75) is 105 Å². The number of rotatable bonds is 9. The molecule has 0 bridgehead atoms. The quantitative estimate of drug-likeness (QED) is 0.586. The average Bonchev–Trinajstić information content (AvgIpc) is 2.57. The number of nitrogens with zero attached hydrogens (tertiary/aromatic N) is 1. The highest BCUT2D eigenvalue weighted by atomic mass is 15.1. The Labute approximate surface area is 173 Å². The van der Waals surface area contributed by atoms with Crippen molar-refractivity contribution < 1.29 is 0 Å². The Morgan fingerprint density at radius 1 is 1.33 bits per heavy atom. The minimum atomic E-state index is 0.168. The van der Waals surface area contributed by atoms with Gasteiger partial charge in [-0.3, -0.25) is 0 Å². The average molecular weight is 374 g/mol. The maximum atomic E-state index is 3.69. The van der Waals surface area contributed by atoms with Crippen molar-refractivity contribution in [2.75, 3.05) is 7.05 Å². The Morgan fingerprint density at radius 3 is 2.48 bits per heavy atom. The van der Waals surface area contributed by atoms with Crippen molar-refractivity contribution in [2.24, 2.45) is 23.2 Å². The van der Waals surface area contributed by atoms with Crippen LogP contribution in [0.4, 0.5) is 0 Å². The van der Waals surface area contributed by atoms with Crippen molar-refractivity contribution in [1.29, 1.82) is 0 Å². The molecule has 0 aromatic rings. The predicted molar refractivity (Wildman–Crippen MR) is 127 cm³/mol. The molecule has 4 heteroatoms. The third kappa shape index (κ3) is 5.81. The van der Waals surface area contributed by atoms with Gasteiger partial charge in [-0.2, -0.15) is 0 Å². The van der Waals surface area contributed by atoms with Crippen LogP contribution in [0.1, 0.15) is 93.9 Å². The summed E-state index contributed by atoms with van der Waals surface area (Å²) in [6, 6.07) is 0. The second-order valence-corrected chi connectivity index (χ2v) is 10.6. The van der Waals surface area contributed by atoms with Gasteiger partial charge in [-0.25, -0.2) is 0 Å². The summed E-state index contributed by atoms with van der Waals surface area (Å²) in [5.41, 5.74) is 0.781. The zero-order valence-electron chi connectivity index (χ0n) is 20.3. The largest absolute Gasteiger partial charge is 0.386 e. The van der Waals surface area contributed by atoms with E-state index in [1.165, 1.54) is 38.5 Å². The first kappa shape index (κ1) is 24.7. The number of allylic oxidation sites excluding steroid dienone is 1. The van der Waals surface area contributed by atoms with Gasteiger partial charge in [-0.05, 0) is 89.8 Å². The van der Waals surface area contributed by atoms with E-state index in [9.17, 15) is 0 Å². The lowest BCUT2D eigenvalue weighted by molar-refractivity contribution is -0.0108. The molecule has 0 radical (unpaired) electrons. The molecule has 0 saturated heterocycles. The van der Waals surface area contributed by atoms with Crippen LogP contribution < -0.4 is 5.32 Å². The van der Waals surface area contributed by atoms with E-state index in [-0.39, 0.29) is 11.1 Å². The van der Waals surface area contributed by atoms with Gasteiger partial charge in [0.15, 0.2) is 7.31 Å². The van der Waals surface area contributed by atoms with Gasteiger partial charge < -0.3 is 10.1 Å². The van der Waals surface area contributed by atoms with E-state index in [4.69, 9.17) is 0 Å². The lowest BCUT2D eigenvalue weighted by atomic mass is 9.53. The zero-order valence-corrected chi connectivity index (χ0v) is 20.3. The van der Waals surface area contributed by atoms with Gasteiger partial charge in [-0.1, -0.05) is 46.6 Å². The first-order chi connectivity index (χ1) is 12.5. The molecule has 27 heavy (non-hydrogen) atoms. The van der Waals surface area contributed by atoms with Crippen molar-refractivity contribution in [1.82, 2.24) is 10.1 Å². The van der Waals surface area contributed by atoms with Gasteiger partial charge in [0.05, 0.1) is 7.74 Å². The highest BCUT2D eigenvalue weighted by molar-refractivity contribution is 6.87. The molecule has 2 nitrogen and oxygen atoms in total. The third-order valence-corrected chi connectivity index (χ3v) is 7.94. The van der Waals surface area contributed by atoms with Crippen LogP contribution >= 0.6 is 0 Å². The number of hydrogen-bond donors (Lipinski definition) is 1. The molecule has 0 saturated carbocycles. The van der Waals surface area contributed by atoms with Crippen LogP contribution in [-0.4, -0.2) is 38.0 Å². The van der Waals surface area contributed by atoms with E-state index >= 15 is 0 Å². The Bertz CT molecular complexity index is 475. The Balaban J connectivity index is 3.32. The second kappa shape index (κ2) is 9.90. The first-order valence-electron chi connectivity index (χ1n) is 11.6. The molecule has 0 spiro atoms. The molecule has 0 aliphatic carbocycles. The van der Waals surface area contributed by atoms with Crippen molar-refractivity contribution in [3.05, 3.63) is 12.3 Å². The Kier molecular flexibility index (Phi) is 9.04. The van der Waals surface area contributed by atoms with Gasteiger partial charge in [0.2, 0.25) is 0 Å². The molecular weight excluding hydrogens is 326 g/mol. The maximum absolute atomic E-state index is 3.69. The van der Waals surface area contributed by atoms with E-state index in [0.717, 1.165) is 7.31 Å². The highest BCUT2D eigenvalue weighted by Gasteiger charge is 2.48. The van der Waals surface area contributed by atoms with Crippen LogP contribution in [0.15, 0.2) is 12.3 Å². The van der Waals surface area contributed by atoms with Crippen LogP contribution in [0.5, 0.6) is 0 Å². The fourth-order valence-electron chi connectivity index (χ4n) is 6.07. The summed E-state index contributed by atoms with van der Waals surface area (Å²) in [5, 5.41) is 3.69. The van der Waals surface area contributed by atoms with Gasteiger partial charge in [0.25, 0.3) is 0 Å². The van der Waals surface area contributed by atoms with Crippen LogP contribution in [0.25, 0.3) is 0 Å². The minimum absolute atomic E-state index is 0.168. The smallest absolute Gasteiger partial charge is 0.161 e. The van der Waals surface area contributed by atoms with Gasteiger partial charge in [0.1, 0.15) is 0 Å². The third-order valence-electron chi connectivity index (χ3n) is 7.94. The molecule has 0 aromatic heterocycles. The highest BCUT2D eigenvalue weighted by Crippen LogP contribution is 2.53. The number of unbranched alkanes of at least 4 members (excludes halogenated alkanes) is 1. The summed E-state index contributed by atoms with van der Waals surface area (Å²) in [6.45, 7) is 19.5. The van der Waals surface area contributed by atoms with E-state index in [1.807, 2.05) is 0 Å². The van der Waals surface area contributed by atoms with Crippen molar-refractivity contribution in [3.63, 3.8) is 0 Å². The Hall–Kier alpha value is -0.370. The predicted octanol–water partition coefficient (Wildman–Crippen LogP) is 4.75. The SMILES string of the molecule is BBN(C)C(C)(C)CC(C)C1(CC)C(C)CC(C)(C)N/C=C/C1CCCC. The van der Waals surface area contributed by atoms with Crippen molar-refractivity contribution >= 4 is 15.0 Å². The number of hydrogen-bond acceptors (Lipinski definition) is 2. The molecule has 0 fully saturated rings. The van der Waals surface area contributed by atoms with E-state index in [1.54, 1.807) is 0 Å². The standard InChI is InChI=1S/C23H48B2N2/c1-10-12-13-20-14-15-26-21(5,6)16-18(3)23(20,11-2)19(4)17-22(7,8)27(9)25-24/h14-15,18-20,25-26H,10-13,16-17,24H2,1-9H3/b15-14+. The minimum Gasteiger partial charge on any atom is -0.386 e. The second-order valence-electron chi connectivity index (χ2n) is 10.6. The van der Waals surface area contributed by atoms with Crippen LogP contribution in [-0.2, 0) is 0 Å². The molecule has 1 aliphatic rings.